The van der Waals surface area contributed by atoms with Crippen LogP contribution in [0.4, 0.5) is 0 Å². The van der Waals surface area contributed by atoms with E-state index in [-0.39, 0.29) is 0 Å². The molecule has 3 N–H and O–H groups in total. The Bertz CT molecular complexity index is 839. The topological polar surface area (TPSA) is 65.1 Å². The zero-order valence-corrected chi connectivity index (χ0v) is 16.8. The number of hydrogen-bond donors (Lipinski definition) is 3. The van der Waals surface area contributed by atoms with Crippen LogP contribution in [0.5, 0.6) is 0 Å². The molecule has 3 rings (SSSR count). The van der Waals surface area contributed by atoms with E-state index in [2.05, 4.69) is 56.9 Å². The lowest BCUT2D eigenvalue weighted by Crippen LogP contribution is -2.38. The third kappa shape index (κ3) is 5.25. The van der Waals surface area contributed by atoms with Crippen molar-refractivity contribution in [3.63, 3.8) is 0 Å². The molecule has 3 aromatic rings. The van der Waals surface area contributed by atoms with Crippen molar-refractivity contribution in [3.05, 3.63) is 47.1 Å². The molecule has 0 saturated heterocycles. The molecular weight excluding hydrogens is 362 g/mol. The summed E-state index contributed by atoms with van der Waals surface area (Å²) in [6, 6.07) is 6.55. The Kier molecular flexibility index (Phi) is 6.96. The average Bonchev–Trinajstić information content (AvgIpc) is 3.29. The van der Waals surface area contributed by atoms with E-state index in [0.29, 0.717) is 0 Å². The number of rotatable bonds is 8. The van der Waals surface area contributed by atoms with E-state index in [0.717, 1.165) is 42.0 Å². The van der Waals surface area contributed by atoms with Gasteiger partial charge in [-0.15, -0.1) is 11.3 Å². The predicted molar refractivity (Wildman–Crippen MR) is 114 cm³/mol. The van der Waals surface area contributed by atoms with Crippen LogP contribution in [0.15, 0.2) is 45.3 Å². The number of hydrogen-bond acceptors (Lipinski definition) is 4. The number of aromatic nitrogens is 2. The van der Waals surface area contributed by atoms with E-state index in [1.807, 2.05) is 30.4 Å². The molecule has 0 amide bonds. The summed E-state index contributed by atoms with van der Waals surface area (Å²) < 4.78 is 1.14. The van der Waals surface area contributed by atoms with E-state index in [4.69, 9.17) is 0 Å². The van der Waals surface area contributed by atoms with Crippen molar-refractivity contribution in [2.24, 2.45) is 4.99 Å². The SMILES string of the molecule is CN=C(NCCCSc1nccs1)NCCc1c[nH]c2cc(C)ccc12. The van der Waals surface area contributed by atoms with Crippen LogP contribution in [0.1, 0.15) is 17.5 Å². The summed E-state index contributed by atoms with van der Waals surface area (Å²) >= 11 is 3.50. The summed E-state index contributed by atoms with van der Waals surface area (Å²) in [4.78, 5) is 11.9. The van der Waals surface area contributed by atoms with Gasteiger partial charge in [-0.1, -0.05) is 23.9 Å². The maximum Gasteiger partial charge on any atom is 0.190 e. The van der Waals surface area contributed by atoms with Gasteiger partial charge in [0.2, 0.25) is 0 Å². The summed E-state index contributed by atoms with van der Waals surface area (Å²) in [7, 11) is 1.81. The molecule has 2 heterocycles. The smallest absolute Gasteiger partial charge is 0.190 e. The van der Waals surface area contributed by atoms with Gasteiger partial charge in [0.15, 0.2) is 5.96 Å². The summed E-state index contributed by atoms with van der Waals surface area (Å²) in [5.74, 6) is 1.92. The molecule has 0 saturated carbocycles. The van der Waals surface area contributed by atoms with Crippen LogP contribution in [0.2, 0.25) is 0 Å². The molecule has 0 fully saturated rings. The van der Waals surface area contributed by atoms with E-state index < -0.39 is 0 Å². The zero-order chi connectivity index (χ0) is 18.2. The summed E-state index contributed by atoms with van der Waals surface area (Å²) in [6.45, 7) is 3.88. The normalized spacial score (nSPS) is 11.8. The van der Waals surface area contributed by atoms with Crippen molar-refractivity contribution in [3.8, 4) is 0 Å². The number of benzene rings is 1. The number of aliphatic imine (C=N–C) groups is 1. The number of aryl methyl sites for hydroxylation is 1. The number of guanidine groups is 1. The Morgan fingerprint density at radius 3 is 3.00 bits per heavy atom. The van der Waals surface area contributed by atoms with Crippen molar-refractivity contribution in [1.29, 1.82) is 0 Å². The number of aromatic amines is 1. The van der Waals surface area contributed by atoms with Gasteiger partial charge in [-0.05, 0) is 37.0 Å². The van der Waals surface area contributed by atoms with Gasteiger partial charge < -0.3 is 15.6 Å². The maximum absolute atomic E-state index is 4.30. The molecule has 1 aromatic carbocycles. The van der Waals surface area contributed by atoms with Crippen LogP contribution in [0, 0.1) is 6.92 Å². The molecule has 0 aliphatic rings. The molecule has 0 radical (unpaired) electrons. The molecule has 0 atom stereocenters. The lowest BCUT2D eigenvalue weighted by atomic mass is 10.1. The molecule has 0 unspecified atom stereocenters. The lowest BCUT2D eigenvalue weighted by Gasteiger charge is -2.11. The van der Waals surface area contributed by atoms with Crippen LogP contribution in [0.3, 0.4) is 0 Å². The highest BCUT2D eigenvalue weighted by molar-refractivity contribution is 8.00. The highest BCUT2D eigenvalue weighted by Gasteiger charge is 2.04. The molecule has 7 heteroatoms. The van der Waals surface area contributed by atoms with Gasteiger partial charge in [-0.3, -0.25) is 4.99 Å². The standard InChI is InChI=1S/C19H25N5S2/c1-14-4-5-16-15(13-24-17(16)12-14)6-8-22-18(20-2)21-7-3-10-25-19-23-9-11-26-19/h4-5,9,11-13,24H,3,6-8,10H2,1-2H3,(H2,20,21,22). The van der Waals surface area contributed by atoms with Gasteiger partial charge in [0.25, 0.3) is 0 Å². The predicted octanol–water partition coefficient (Wildman–Crippen LogP) is 3.82. The minimum absolute atomic E-state index is 0.856. The van der Waals surface area contributed by atoms with Gasteiger partial charge in [0, 0.05) is 54.6 Å². The second kappa shape index (κ2) is 9.64. The van der Waals surface area contributed by atoms with Crippen molar-refractivity contribution < 1.29 is 0 Å². The van der Waals surface area contributed by atoms with Crippen LogP contribution >= 0.6 is 23.1 Å². The number of thioether (sulfide) groups is 1. The van der Waals surface area contributed by atoms with Gasteiger partial charge >= 0.3 is 0 Å². The van der Waals surface area contributed by atoms with Gasteiger partial charge in [0.05, 0.1) is 0 Å². The lowest BCUT2D eigenvalue weighted by molar-refractivity contribution is 0.778. The van der Waals surface area contributed by atoms with Gasteiger partial charge in [-0.25, -0.2) is 4.98 Å². The molecular formula is C19H25N5S2. The van der Waals surface area contributed by atoms with Crippen LogP contribution < -0.4 is 10.6 Å². The van der Waals surface area contributed by atoms with E-state index in [9.17, 15) is 0 Å². The first-order valence-electron chi connectivity index (χ1n) is 8.79. The molecule has 0 bridgehead atoms. The highest BCUT2D eigenvalue weighted by Crippen LogP contribution is 2.20. The molecule has 0 spiro atoms. The number of H-pyrrole nitrogens is 1. The van der Waals surface area contributed by atoms with E-state index in [1.165, 1.54) is 22.0 Å². The molecule has 0 aliphatic carbocycles. The van der Waals surface area contributed by atoms with Crippen molar-refractivity contribution in [2.75, 3.05) is 25.9 Å². The second-order valence-corrected chi connectivity index (χ2v) is 8.28. The third-order valence-electron chi connectivity index (χ3n) is 4.08. The molecule has 2 aromatic heterocycles. The van der Waals surface area contributed by atoms with Crippen molar-refractivity contribution in [1.82, 2.24) is 20.6 Å². The minimum atomic E-state index is 0.856. The Hall–Kier alpha value is -1.99. The first-order valence-corrected chi connectivity index (χ1v) is 10.7. The fraction of sp³-hybridized carbons (Fsp3) is 0.368. The fourth-order valence-electron chi connectivity index (χ4n) is 2.76. The van der Waals surface area contributed by atoms with Crippen molar-refractivity contribution in [2.45, 2.75) is 24.1 Å². The first kappa shape index (κ1) is 18.8. The number of fused-ring (bicyclic) bond motifs is 1. The van der Waals surface area contributed by atoms with E-state index in [1.54, 1.807) is 11.3 Å². The second-order valence-electron chi connectivity index (χ2n) is 6.04. The first-order chi connectivity index (χ1) is 12.8. The summed E-state index contributed by atoms with van der Waals surface area (Å²) in [5, 5.41) is 10.1. The van der Waals surface area contributed by atoms with Gasteiger partial charge in [-0.2, -0.15) is 0 Å². The maximum atomic E-state index is 4.30. The minimum Gasteiger partial charge on any atom is -0.361 e. The monoisotopic (exact) mass is 387 g/mol. The largest absolute Gasteiger partial charge is 0.361 e. The van der Waals surface area contributed by atoms with Crippen LogP contribution in [0.25, 0.3) is 10.9 Å². The Labute approximate surface area is 162 Å². The molecule has 26 heavy (non-hydrogen) atoms. The summed E-state index contributed by atoms with van der Waals surface area (Å²) in [5.41, 5.74) is 3.82. The Morgan fingerprint density at radius 2 is 2.19 bits per heavy atom. The van der Waals surface area contributed by atoms with E-state index >= 15 is 0 Å². The molecule has 0 aliphatic heterocycles. The molecule has 5 nitrogen and oxygen atoms in total. The number of nitrogens with one attached hydrogen (secondary N) is 3. The fourth-order valence-corrected chi connectivity index (χ4v) is 4.41. The Balaban J connectivity index is 1.37. The average molecular weight is 388 g/mol. The quantitative estimate of drug-likeness (QED) is 0.238. The molecule has 138 valence electrons. The Morgan fingerprint density at radius 1 is 1.31 bits per heavy atom. The third-order valence-corrected chi connectivity index (χ3v) is 6.13. The van der Waals surface area contributed by atoms with Gasteiger partial charge in [0.1, 0.15) is 4.34 Å². The number of thiazole rings is 1. The highest BCUT2D eigenvalue weighted by atomic mass is 32.2. The van der Waals surface area contributed by atoms with Crippen molar-refractivity contribution >= 4 is 40.0 Å². The van der Waals surface area contributed by atoms with Crippen LogP contribution in [-0.4, -0.2) is 41.8 Å². The van der Waals surface area contributed by atoms with Crippen LogP contribution in [-0.2, 0) is 6.42 Å². The summed E-state index contributed by atoms with van der Waals surface area (Å²) in [6.07, 6.45) is 6.00. The number of nitrogens with zero attached hydrogens (tertiary/aromatic N) is 2. The zero-order valence-electron chi connectivity index (χ0n) is 15.2.